The third kappa shape index (κ3) is 4.89. The van der Waals surface area contributed by atoms with Crippen LogP contribution in [0.3, 0.4) is 0 Å². The number of aliphatic hydroxyl groups is 6. The van der Waals surface area contributed by atoms with Gasteiger partial charge in [0, 0.05) is 0 Å². The zero-order valence-corrected chi connectivity index (χ0v) is 16.4. The van der Waals surface area contributed by atoms with Gasteiger partial charge in [-0.15, -0.1) is 0 Å². The minimum Gasteiger partial charge on any atom is -0.394 e. The van der Waals surface area contributed by atoms with Crippen molar-refractivity contribution in [3.05, 3.63) is 11.1 Å². The highest BCUT2D eigenvalue weighted by molar-refractivity contribution is 5.28. The average Bonchev–Trinajstić information content (AvgIpc) is 2.59. The molecular weight excluding hydrogens is 356 g/mol. The summed E-state index contributed by atoms with van der Waals surface area (Å²) in [6.45, 7) is 7.08. The lowest BCUT2D eigenvalue weighted by Crippen LogP contribution is -2.60. The van der Waals surface area contributed by atoms with Crippen LogP contribution in [0.1, 0.15) is 47.0 Å². The summed E-state index contributed by atoms with van der Waals surface area (Å²) in [4.78, 5) is 0. The van der Waals surface area contributed by atoms with Crippen molar-refractivity contribution in [3.63, 3.8) is 0 Å². The Balaban J connectivity index is 2.16. The predicted molar refractivity (Wildman–Crippen MR) is 96.7 cm³/mol. The number of ether oxygens (including phenoxy) is 2. The van der Waals surface area contributed by atoms with Crippen LogP contribution in [0.5, 0.6) is 0 Å². The molecule has 6 N–H and O–H groups in total. The zero-order chi connectivity index (χ0) is 20.5. The van der Waals surface area contributed by atoms with Gasteiger partial charge in [-0.2, -0.15) is 0 Å². The molecule has 8 atom stereocenters. The van der Waals surface area contributed by atoms with Crippen LogP contribution in [0.2, 0.25) is 0 Å². The molecule has 1 heterocycles. The van der Waals surface area contributed by atoms with Gasteiger partial charge in [-0.25, -0.2) is 0 Å². The maximum atomic E-state index is 10.7. The summed E-state index contributed by atoms with van der Waals surface area (Å²) in [5, 5.41) is 59.5. The fourth-order valence-electron chi connectivity index (χ4n) is 4.09. The molecule has 1 aliphatic carbocycles. The van der Waals surface area contributed by atoms with Gasteiger partial charge in [-0.1, -0.05) is 19.4 Å². The van der Waals surface area contributed by atoms with Crippen LogP contribution in [0, 0.1) is 5.41 Å². The maximum absolute atomic E-state index is 10.7. The Bertz CT molecular complexity index is 530. The highest BCUT2D eigenvalue weighted by atomic mass is 16.7. The number of rotatable bonds is 6. The molecule has 0 aromatic rings. The summed E-state index contributed by atoms with van der Waals surface area (Å²) in [7, 11) is 0. The summed E-state index contributed by atoms with van der Waals surface area (Å²) in [5.74, 6) is 0. The molecule has 2 rings (SSSR count). The standard InChI is InChI=1S/C19H34O8/c1-9(21)5-6-11-10(2)14(22)12(7-19(11,3)4)26-18-17(25)16(24)15(23)13(8-20)27-18/h9,12-18,20-25H,5-8H2,1-4H3/t9-,12+,13-,14-,15-,16+,17-,18-/m1/s1. The topological polar surface area (TPSA) is 140 Å². The molecule has 0 bridgehead atoms. The Kier molecular flexibility index (Phi) is 7.43. The van der Waals surface area contributed by atoms with Crippen molar-refractivity contribution in [2.45, 2.75) is 96.0 Å². The molecule has 0 spiro atoms. The van der Waals surface area contributed by atoms with Crippen molar-refractivity contribution in [2.75, 3.05) is 6.61 Å². The maximum Gasteiger partial charge on any atom is 0.187 e. The molecule has 0 aromatic heterocycles. The highest BCUT2D eigenvalue weighted by Gasteiger charge is 2.47. The molecule has 0 radical (unpaired) electrons. The average molecular weight is 390 g/mol. The van der Waals surface area contributed by atoms with Gasteiger partial charge in [0.25, 0.3) is 0 Å². The molecule has 0 unspecified atom stereocenters. The summed E-state index contributed by atoms with van der Waals surface area (Å²) < 4.78 is 11.2. The van der Waals surface area contributed by atoms with E-state index in [1.165, 1.54) is 0 Å². The van der Waals surface area contributed by atoms with Gasteiger partial charge in [-0.3, -0.25) is 0 Å². The van der Waals surface area contributed by atoms with Crippen LogP contribution in [0.25, 0.3) is 0 Å². The molecule has 27 heavy (non-hydrogen) atoms. The molecule has 8 heteroatoms. The van der Waals surface area contributed by atoms with Crippen molar-refractivity contribution in [3.8, 4) is 0 Å². The molecule has 158 valence electrons. The summed E-state index contributed by atoms with van der Waals surface area (Å²) in [6, 6.07) is 0. The number of allylic oxidation sites excluding steroid dienone is 1. The van der Waals surface area contributed by atoms with Crippen LogP contribution < -0.4 is 0 Å². The third-order valence-corrected chi connectivity index (χ3v) is 5.77. The Morgan fingerprint density at radius 3 is 2.33 bits per heavy atom. The first kappa shape index (κ1) is 22.7. The largest absolute Gasteiger partial charge is 0.394 e. The van der Waals surface area contributed by atoms with Gasteiger partial charge in [0.15, 0.2) is 6.29 Å². The number of hydrogen-bond acceptors (Lipinski definition) is 8. The molecule has 1 aliphatic heterocycles. The Morgan fingerprint density at radius 1 is 1.15 bits per heavy atom. The van der Waals surface area contributed by atoms with Crippen LogP contribution in [-0.4, -0.2) is 86.3 Å². The fourth-order valence-corrected chi connectivity index (χ4v) is 4.09. The van der Waals surface area contributed by atoms with E-state index in [-0.39, 0.29) is 5.41 Å². The van der Waals surface area contributed by atoms with Gasteiger partial charge in [0.2, 0.25) is 0 Å². The van der Waals surface area contributed by atoms with Gasteiger partial charge in [0.1, 0.15) is 30.5 Å². The monoisotopic (exact) mass is 390 g/mol. The lowest BCUT2D eigenvalue weighted by molar-refractivity contribution is -0.318. The zero-order valence-electron chi connectivity index (χ0n) is 16.4. The molecule has 8 nitrogen and oxygen atoms in total. The van der Waals surface area contributed by atoms with E-state index in [1.807, 2.05) is 20.8 Å². The van der Waals surface area contributed by atoms with Crippen molar-refractivity contribution in [1.29, 1.82) is 0 Å². The summed E-state index contributed by atoms with van der Waals surface area (Å²) in [6.07, 6.45) is -7.12. The van der Waals surface area contributed by atoms with E-state index in [1.54, 1.807) is 6.92 Å². The second-order valence-electron chi connectivity index (χ2n) is 8.45. The Morgan fingerprint density at radius 2 is 1.78 bits per heavy atom. The van der Waals surface area contributed by atoms with E-state index >= 15 is 0 Å². The minimum absolute atomic E-state index is 0.295. The SMILES string of the molecule is CC1=C(CC[C@@H](C)O)C(C)(C)C[C@H](O[C@@H]2O[C@H](CO)[C@@H](O)[C@H](O)[C@H]2O)[C@@H]1O. The minimum atomic E-state index is -1.52. The molecule has 0 aromatic carbocycles. The predicted octanol–water partition coefficient (Wildman–Crippen LogP) is -0.560. The van der Waals surface area contributed by atoms with E-state index in [9.17, 15) is 30.6 Å². The smallest absolute Gasteiger partial charge is 0.187 e. The van der Waals surface area contributed by atoms with Gasteiger partial charge >= 0.3 is 0 Å². The first-order valence-corrected chi connectivity index (χ1v) is 9.51. The van der Waals surface area contributed by atoms with E-state index < -0.39 is 55.6 Å². The first-order chi connectivity index (χ1) is 12.5. The quantitative estimate of drug-likeness (QED) is 0.332. The van der Waals surface area contributed by atoms with Crippen LogP contribution >= 0.6 is 0 Å². The van der Waals surface area contributed by atoms with Gasteiger partial charge in [0.05, 0.1) is 18.8 Å². The third-order valence-electron chi connectivity index (χ3n) is 5.77. The molecule has 2 aliphatic rings. The molecule has 0 amide bonds. The van der Waals surface area contributed by atoms with E-state index in [2.05, 4.69) is 0 Å². The molecule has 1 saturated heterocycles. The number of hydrogen-bond donors (Lipinski definition) is 6. The van der Waals surface area contributed by atoms with E-state index in [0.717, 1.165) is 11.1 Å². The van der Waals surface area contributed by atoms with E-state index in [4.69, 9.17) is 9.47 Å². The summed E-state index contributed by atoms with van der Waals surface area (Å²) >= 11 is 0. The lowest BCUT2D eigenvalue weighted by atomic mass is 9.69. The highest BCUT2D eigenvalue weighted by Crippen LogP contribution is 2.44. The normalized spacial score (nSPS) is 40.9. The van der Waals surface area contributed by atoms with Crippen molar-refractivity contribution in [2.24, 2.45) is 5.41 Å². The van der Waals surface area contributed by atoms with Crippen LogP contribution in [0.15, 0.2) is 11.1 Å². The second-order valence-corrected chi connectivity index (χ2v) is 8.45. The van der Waals surface area contributed by atoms with Crippen LogP contribution in [0.4, 0.5) is 0 Å². The molecule has 1 fully saturated rings. The second kappa shape index (κ2) is 8.84. The molecular formula is C19H34O8. The Hall–Kier alpha value is -0.580. The van der Waals surface area contributed by atoms with Crippen LogP contribution in [-0.2, 0) is 9.47 Å². The Labute approximate surface area is 160 Å². The lowest BCUT2D eigenvalue weighted by Gasteiger charge is -2.45. The summed E-state index contributed by atoms with van der Waals surface area (Å²) in [5.41, 5.74) is 1.54. The van der Waals surface area contributed by atoms with Crippen molar-refractivity contribution < 1.29 is 40.1 Å². The van der Waals surface area contributed by atoms with Crippen molar-refractivity contribution >= 4 is 0 Å². The fraction of sp³-hybridized carbons (Fsp3) is 0.895. The van der Waals surface area contributed by atoms with Gasteiger partial charge < -0.3 is 40.1 Å². The van der Waals surface area contributed by atoms with Crippen molar-refractivity contribution in [1.82, 2.24) is 0 Å². The first-order valence-electron chi connectivity index (χ1n) is 9.51. The van der Waals surface area contributed by atoms with E-state index in [0.29, 0.717) is 19.3 Å². The molecule has 0 saturated carbocycles. The number of aliphatic hydroxyl groups excluding tert-OH is 6. The van der Waals surface area contributed by atoms with Gasteiger partial charge in [-0.05, 0) is 44.1 Å².